The minimum atomic E-state index is -0.816. The van der Waals surface area contributed by atoms with Gasteiger partial charge in [0.15, 0.2) is 0 Å². The van der Waals surface area contributed by atoms with Gasteiger partial charge < -0.3 is 0 Å². The molecule has 6 nitrogen and oxygen atoms in total. The van der Waals surface area contributed by atoms with E-state index in [-0.39, 0.29) is 5.91 Å². The molecule has 0 saturated carbocycles. The van der Waals surface area contributed by atoms with Crippen LogP contribution in [-0.4, -0.2) is 74.5 Å². The summed E-state index contributed by atoms with van der Waals surface area (Å²) in [6, 6.07) is 4.38. The molecule has 0 atom stereocenters. The van der Waals surface area contributed by atoms with Crippen LogP contribution < -0.4 is 13.5 Å². The number of hydrogen-bond acceptors (Lipinski definition) is 5. The molecular formula is C16H22InN5O. The fourth-order valence-electron chi connectivity index (χ4n) is 2.83. The number of carbonyl (C=O) groups is 1. The van der Waals surface area contributed by atoms with E-state index in [0.29, 0.717) is 6.04 Å². The fourth-order valence-corrected chi connectivity index (χ4v) is 5.07. The molecule has 23 heavy (non-hydrogen) atoms. The summed E-state index contributed by atoms with van der Waals surface area (Å²) in [5.74, 6) is 1.13. The van der Waals surface area contributed by atoms with Gasteiger partial charge in [0.2, 0.25) is 0 Å². The molecule has 3 heterocycles. The van der Waals surface area contributed by atoms with Gasteiger partial charge in [0.05, 0.1) is 0 Å². The molecule has 0 aromatic carbocycles. The fraction of sp³-hybridized carbons (Fsp3) is 0.438. The van der Waals surface area contributed by atoms with Crippen LogP contribution in [0.4, 0.5) is 11.5 Å². The molecule has 0 unspecified atom stereocenters. The van der Waals surface area contributed by atoms with Crippen LogP contribution in [0.15, 0.2) is 30.1 Å². The van der Waals surface area contributed by atoms with Gasteiger partial charge >= 0.3 is 148 Å². The van der Waals surface area contributed by atoms with Crippen LogP contribution >= 0.6 is 0 Å². The van der Waals surface area contributed by atoms with E-state index >= 15 is 0 Å². The number of nitrogens with zero attached hydrogens (tertiary/aromatic N) is 3. The number of piperazine rings is 1. The molecule has 0 aliphatic carbocycles. The van der Waals surface area contributed by atoms with Crippen LogP contribution in [0, 0.1) is 0 Å². The van der Waals surface area contributed by atoms with Crippen LogP contribution in [-0.2, 0) is 4.79 Å². The average Bonchev–Trinajstić information content (AvgIpc) is 3.09. The van der Waals surface area contributed by atoms with E-state index in [4.69, 9.17) is 0 Å². The molecule has 2 N–H and O–H groups in total. The Morgan fingerprint density at radius 3 is 2.78 bits per heavy atom. The number of aromatic nitrogens is 1. The first-order valence-electron chi connectivity index (χ1n) is 8.04. The first-order valence-corrected chi connectivity index (χ1v) is 11.6. The van der Waals surface area contributed by atoms with Gasteiger partial charge in [-0.15, -0.1) is 0 Å². The zero-order valence-corrected chi connectivity index (χ0v) is 16.9. The number of pyridine rings is 1. The van der Waals surface area contributed by atoms with Crippen LogP contribution in [0.3, 0.4) is 0 Å². The molecule has 0 bridgehead atoms. The third-order valence-electron chi connectivity index (χ3n) is 3.93. The average molecular weight is 415 g/mol. The molecule has 1 amide bonds. The molecule has 2 aliphatic rings. The summed E-state index contributed by atoms with van der Waals surface area (Å²) < 4.78 is 5.46. The Balaban J connectivity index is 1.64. The Labute approximate surface area is 148 Å². The third-order valence-corrected chi connectivity index (χ3v) is 6.39. The summed E-state index contributed by atoms with van der Waals surface area (Å²) >= 11 is -0.816. The van der Waals surface area contributed by atoms with Gasteiger partial charge in [-0.3, -0.25) is 0 Å². The minimum absolute atomic E-state index is 0.145. The monoisotopic (exact) mass is 415 g/mol. The Morgan fingerprint density at radius 1 is 1.35 bits per heavy atom. The van der Waals surface area contributed by atoms with Gasteiger partial charge in [-0.25, -0.2) is 0 Å². The van der Waals surface area contributed by atoms with Gasteiger partial charge in [-0.05, 0) is 0 Å². The van der Waals surface area contributed by atoms with Gasteiger partial charge in [0, 0.05) is 0 Å². The first kappa shape index (κ1) is 16.4. The second kappa shape index (κ2) is 7.38. The Bertz CT molecular complexity index is 635. The van der Waals surface area contributed by atoms with E-state index in [0.717, 1.165) is 43.4 Å². The number of amides is 1. The van der Waals surface area contributed by atoms with Crippen molar-refractivity contribution in [3.63, 3.8) is 0 Å². The molecule has 2 aliphatic heterocycles. The molecule has 1 fully saturated rings. The zero-order valence-electron chi connectivity index (χ0n) is 13.6. The molecule has 7 heteroatoms. The van der Waals surface area contributed by atoms with E-state index in [1.807, 2.05) is 23.2 Å². The van der Waals surface area contributed by atoms with Crippen LogP contribution in [0.25, 0.3) is 0 Å². The SMILES string of the molecule is CC(C)Nc1cccnc1N1CCN(C(=O)C2=C[CH]=[In][NH]2)CC1. The van der Waals surface area contributed by atoms with E-state index in [1.54, 1.807) is 0 Å². The molecule has 1 aromatic heterocycles. The molecule has 0 radical (unpaired) electrons. The van der Waals surface area contributed by atoms with Crippen molar-refractivity contribution in [3.05, 3.63) is 30.1 Å². The molecule has 0 spiro atoms. The van der Waals surface area contributed by atoms with Crippen molar-refractivity contribution in [2.45, 2.75) is 19.9 Å². The van der Waals surface area contributed by atoms with E-state index in [9.17, 15) is 4.79 Å². The first-order chi connectivity index (χ1) is 11.1. The molecule has 1 saturated heterocycles. The number of carbonyl (C=O) groups excluding carboxylic acids is 1. The second-order valence-electron chi connectivity index (χ2n) is 6.04. The molecular weight excluding hydrogens is 393 g/mol. The summed E-state index contributed by atoms with van der Waals surface area (Å²) in [6.07, 6.45) is 3.78. The van der Waals surface area contributed by atoms with E-state index in [2.05, 4.69) is 42.2 Å². The van der Waals surface area contributed by atoms with Crippen molar-refractivity contribution in [3.8, 4) is 0 Å². The second-order valence-corrected chi connectivity index (χ2v) is 8.91. The predicted molar refractivity (Wildman–Crippen MR) is 94.8 cm³/mol. The molecule has 120 valence electrons. The van der Waals surface area contributed by atoms with Gasteiger partial charge in [-0.1, -0.05) is 0 Å². The van der Waals surface area contributed by atoms with Crippen molar-refractivity contribution in [1.29, 1.82) is 0 Å². The van der Waals surface area contributed by atoms with Crippen molar-refractivity contribution >= 4 is 43.9 Å². The Kier molecular flexibility index (Phi) is 5.25. The van der Waals surface area contributed by atoms with E-state index in [1.165, 1.54) is 0 Å². The van der Waals surface area contributed by atoms with Crippen molar-refractivity contribution in [1.82, 2.24) is 13.2 Å². The number of hydrogen-bond donors (Lipinski definition) is 2. The summed E-state index contributed by atoms with van der Waals surface area (Å²) in [6.45, 7) is 7.35. The van der Waals surface area contributed by atoms with Gasteiger partial charge in [-0.2, -0.15) is 0 Å². The normalized spacial score (nSPS) is 16.9. The summed E-state index contributed by atoms with van der Waals surface area (Å²) in [4.78, 5) is 21.2. The van der Waals surface area contributed by atoms with Gasteiger partial charge in [0.25, 0.3) is 0 Å². The van der Waals surface area contributed by atoms with Crippen LogP contribution in [0.5, 0.6) is 0 Å². The summed E-state index contributed by atoms with van der Waals surface area (Å²) in [7, 11) is 0. The number of allylic oxidation sites excluding steroid dienone is 1. The van der Waals surface area contributed by atoms with E-state index < -0.39 is 22.7 Å². The van der Waals surface area contributed by atoms with Crippen LogP contribution in [0.1, 0.15) is 13.8 Å². The third kappa shape index (κ3) is 3.88. The van der Waals surface area contributed by atoms with Crippen molar-refractivity contribution in [2.24, 2.45) is 0 Å². The number of nitrogens with one attached hydrogen (secondary N) is 2. The van der Waals surface area contributed by atoms with Crippen molar-refractivity contribution in [2.75, 3.05) is 36.4 Å². The van der Waals surface area contributed by atoms with Crippen molar-refractivity contribution < 1.29 is 4.79 Å². The Morgan fingerprint density at radius 2 is 2.13 bits per heavy atom. The van der Waals surface area contributed by atoms with Crippen LogP contribution in [0.2, 0.25) is 0 Å². The Hall–Kier alpha value is -1.50. The zero-order chi connectivity index (χ0) is 16.2. The standard InChI is InChI=1S/C16H22N5O.In/c1-4-13(17)16(22)21-10-8-20(9-11-21)15-14(19-12(2)3)6-5-7-18-15;/h1,4-7,12,17,19H,8-11H2,2-3H3;/q-1;+1. The quantitative estimate of drug-likeness (QED) is 0.749. The maximum absolute atomic E-state index is 12.4. The molecule has 3 rings (SSSR count). The molecule has 1 aromatic rings. The number of anilines is 2. The summed E-state index contributed by atoms with van der Waals surface area (Å²) in [5, 5.41) is 3.45. The van der Waals surface area contributed by atoms with Gasteiger partial charge in [0.1, 0.15) is 0 Å². The number of rotatable bonds is 4. The topological polar surface area (TPSA) is 60.5 Å². The predicted octanol–water partition coefficient (Wildman–Crippen LogP) is 0.459. The summed E-state index contributed by atoms with van der Waals surface area (Å²) in [5.41, 5.74) is 1.85. The maximum atomic E-state index is 12.4.